The van der Waals surface area contributed by atoms with Gasteiger partial charge in [0.2, 0.25) is 0 Å². The van der Waals surface area contributed by atoms with E-state index in [1.807, 2.05) is 13.8 Å². The molecule has 1 aliphatic carbocycles. The van der Waals surface area contributed by atoms with Gasteiger partial charge in [-0.15, -0.1) is 0 Å². The molecular formula is C14H21FN2O. The Balaban J connectivity index is 2.13. The molecule has 1 aliphatic rings. The molecule has 0 unspecified atom stereocenters. The maximum absolute atomic E-state index is 13.7. The highest BCUT2D eigenvalue weighted by Gasteiger charge is 2.25. The first-order valence-electron chi connectivity index (χ1n) is 6.48. The zero-order chi connectivity index (χ0) is 13.3. The van der Waals surface area contributed by atoms with Crippen LogP contribution >= 0.6 is 0 Å². The molecule has 0 aromatic heterocycles. The molecule has 0 heterocycles. The lowest BCUT2D eigenvalue weighted by atomic mass is 9.82. The minimum absolute atomic E-state index is 0.0558. The van der Waals surface area contributed by atoms with Crippen molar-refractivity contribution in [3.63, 3.8) is 0 Å². The van der Waals surface area contributed by atoms with E-state index in [0.717, 1.165) is 24.4 Å². The fraction of sp³-hybridized carbons (Fsp3) is 0.571. The zero-order valence-corrected chi connectivity index (χ0v) is 11.2. The summed E-state index contributed by atoms with van der Waals surface area (Å²) in [5.74, 6) is 0.610. The second-order valence-corrected chi connectivity index (χ2v) is 5.45. The van der Waals surface area contributed by atoms with Crippen LogP contribution in [0.2, 0.25) is 0 Å². The molecule has 1 fully saturated rings. The number of nitrogens with two attached hydrogens (primary N) is 1. The molecular weight excluding hydrogens is 231 g/mol. The third kappa shape index (κ3) is 2.86. The minimum atomic E-state index is -0.409. The predicted molar refractivity (Wildman–Crippen MR) is 72.4 cm³/mol. The number of hydrogen-bond donors (Lipinski definition) is 2. The number of anilines is 2. The number of halogens is 1. The van der Waals surface area contributed by atoms with E-state index < -0.39 is 5.82 Å². The van der Waals surface area contributed by atoms with Crippen LogP contribution in [0.25, 0.3) is 0 Å². The summed E-state index contributed by atoms with van der Waals surface area (Å²) in [6, 6.07) is 3.43. The summed E-state index contributed by atoms with van der Waals surface area (Å²) in [6.45, 7) is 5.96. The largest absolute Gasteiger partial charge is 0.488 e. The molecule has 0 amide bonds. The van der Waals surface area contributed by atoms with Gasteiger partial charge >= 0.3 is 0 Å². The molecule has 3 nitrogen and oxygen atoms in total. The molecule has 100 valence electrons. The quantitative estimate of drug-likeness (QED) is 0.807. The van der Waals surface area contributed by atoms with Gasteiger partial charge in [0.25, 0.3) is 0 Å². The molecule has 0 bridgehead atoms. The van der Waals surface area contributed by atoms with Gasteiger partial charge in [-0.05, 0) is 32.6 Å². The Morgan fingerprint density at radius 3 is 2.61 bits per heavy atom. The third-order valence-electron chi connectivity index (χ3n) is 3.20. The summed E-state index contributed by atoms with van der Waals surface area (Å²) in [6.07, 6.45) is 2.22. The Bertz CT molecular complexity index is 428. The fourth-order valence-electron chi connectivity index (χ4n) is 2.28. The first-order chi connectivity index (χ1) is 8.45. The Morgan fingerprint density at radius 2 is 2.06 bits per heavy atom. The highest BCUT2D eigenvalue weighted by atomic mass is 19.1. The topological polar surface area (TPSA) is 47.3 Å². The van der Waals surface area contributed by atoms with E-state index in [9.17, 15) is 4.39 Å². The van der Waals surface area contributed by atoms with Crippen molar-refractivity contribution in [3.05, 3.63) is 17.9 Å². The summed E-state index contributed by atoms with van der Waals surface area (Å²) in [5.41, 5.74) is 7.03. The van der Waals surface area contributed by atoms with Crippen molar-refractivity contribution in [1.29, 1.82) is 0 Å². The molecule has 1 aromatic carbocycles. The van der Waals surface area contributed by atoms with Crippen LogP contribution in [-0.4, -0.2) is 12.1 Å². The number of hydrogen-bond acceptors (Lipinski definition) is 3. The SMILES string of the molecule is CC1CC(Nc2cc(OC(C)C)c(F)cc2N)C1. The van der Waals surface area contributed by atoms with Crippen LogP contribution in [-0.2, 0) is 0 Å². The van der Waals surface area contributed by atoms with Crippen molar-refractivity contribution in [2.24, 2.45) is 5.92 Å². The van der Waals surface area contributed by atoms with Gasteiger partial charge in [-0.3, -0.25) is 0 Å². The van der Waals surface area contributed by atoms with E-state index in [1.54, 1.807) is 6.07 Å². The molecule has 0 saturated heterocycles. The Morgan fingerprint density at radius 1 is 1.39 bits per heavy atom. The van der Waals surface area contributed by atoms with Crippen LogP contribution in [0.15, 0.2) is 12.1 Å². The van der Waals surface area contributed by atoms with Crippen molar-refractivity contribution in [2.45, 2.75) is 45.8 Å². The molecule has 0 radical (unpaired) electrons. The van der Waals surface area contributed by atoms with Crippen LogP contribution in [0, 0.1) is 11.7 Å². The zero-order valence-electron chi connectivity index (χ0n) is 11.2. The second kappa shape index (κ2) is 5.04. The van der Waals surface area contributed by atoms with Gasteiger partial charge in [-0.1, -0.05) is 6.92 Å². The molecule has 0 aliphatic heterocycles. The lowest BCUT2D eigenvalue weighted by molar-refractivity contribution is 0.231. The first kappa shape index (κ1) is 13.0. The Hall–Kier alpha value is -1.45. The van der Waals surface area contributed by atoms with Crippen molar-refractivity contribution in [1.82, 2.24) is 0 Å². The van der Waals surface area contributed by atoms with Crippen molar-refractivity contribution in [3.8, 4) is 5.75 Å². The van der Waals surface area contributed by atoms with Crippen molar-refractivity contribution < 1.29 is 9.13 Å². The van der Waals surface area contributed by atoms with Crippen LogP contribution in [0.4, 0.5) is 15.8 Å². The van der Waals surface area contributed by atoms with E-state index in [1.165, 1.54) is 6.07 Å². The van der Waals surface area contributed by atoms with Gasteiger partial charge in [0, 0.05) is 18.2 Å². The van der Waals surface area contributed by atoms with Crippen molar-refractivity contribution >= 4 is 11.4 Å². The number of rotatable bonds is 4. The van der Waals surface area contributed by atoms with Gasteiger partial charge in [-0.2, -0.15) is 0 Å². The molecule has 0 spiro atoms. The van der Waals surface area contributed by atoms with E-state index in [4.69, 9.17) is 10.5 Å². The summed E-state index contributed by atoms with van der Waals surface area (Å²) < 4.78 is 19.1. The lowest BCUT2D eigenvalue weighted by Crippen LogP contribution is -2.34. The van der Waals surface area contributed by atoms with Crippen LogP contribution in [0.1, 0.15) is 33.6 Å². The van der Waals surface area contributed by atoms with E-state index in [2.05, 4.69) is 12.2 Å². The monoisotopic (exact) mass is 252 g/mol. The Kier molecular flexibility index (Phi) is 3.64. The van der Waals surface area contributed by atoms with Crippen LogP contribution in [0.5, 0.6) is 5.75 Å². The van der Waals surface area contributed by atoms with Crippen molar-refractivity contribution in [2.75, 3.05) is 11.1 Å². The maximum Gasteiger partial charge on any atom is 0.167 e. The third-order valence-corrected chi connectivity index (χ3v) is 3.20. The average Bonchev–Trinajstić information content (AvgIpc) is 2.21. The second-order valence-electron chi connectivity index (χ2n) is 5.45. The average molecular weight is 252 g/mol. The smallest absolute Gasteiger partial charge is 0.167 e. The van der Waals surface area contributed by atoms with Crippen LogP contribution < -0.4 is 15.8 Å². The standard InChI is InChI=1S/C14H21FN2O/c1-8(2)18-14-7-13(12(16)6-11(14)15)17-10-4-9(3)5-10/h6-10,17H,4-5,16H2,1-3H3. The minimum Gasteiger partial charge on any atom is -0.488 e. The number of ether oxygens (including phenoxy) is 1. The molecule has 3 N–H and O–H groups in total. The molecule has 0 atom stereocenters. The molecule has 18 heavy (non-hydrogen) atoms. The van der Waals surface area contributed by atoms with E-state index >= 15 is 0 Å². The van der Waals surface area contributed by atoms with Gasteiger partial charge in [0.15, 0.2) is 11.6 Å². The number of nitrogens with one attached hydrogen (secondary N) is 1. The normalized spacial score (nSPS) is 22.7. The highest BCUT2D eigenvalue weighted by Crippen LogP contribution is 2.34. The highest BCUT2D eigenvalue weighted by molar-refractivity contribution is 5.69. The fourth-order valence-corrected chi connectivity index (χ4v) is 2.28. The predicted octanol–water partition coefficient (Wildman–Crippen LogP) is 3.41. The van der Waals surface area contributed by atoms with Gasteiger partial charge < -0.3 is 15.8 Å². The summed E-state index contributed by atoms with van der Waals surface area (Å²) in [5, 5.41) is 3.35. The summed E-state index contributed by atoms with van der Waals surface area (Å²) in [7, 11) is 0. The number of nitrogen functional groups attached to an aromatic ring is 1. The van der Waals surface area contributed by atoms with Gasteiger partial charge in [0.05, 0.1) is 17.5 Å². The number of benzene rings is 1. The molecule has 4 heteroatoms. The summed E-state index contributed by atoms with van der Waals surface area (Å²) >= 11 is 0. The van der Waals surface area contributed by atoms with Gasteiger partial charge in [0.1, 0.15) is 0 Å². The van der Waals surface area contributed by atoms with E-state index in [-0.39, 0.29) is 11.9 Å². The molecule has 1 aromatic rings. The lowest BCUT2D eigenvalue weighted by Gasteiger charge is -2.34. The first-order valence-corrected chi connectivity index (χ1v) is 6.48. The summed E-state index contributed by atoms with van der Waals surface area (Å²) in [4.78, 5) is 0. The molecule has 1 saturated carbocycles. The maximum atomic E-state index is 13.7. The van der Waals surface area contributed by atoms with Crippen LogP contribution in [0.3, 0.4) is 0 Å². The molecule has 2 rings (SSSR count). The van der Waals surface area contributed by atoms with Gasteiger partial charge in [-0.25, -0.2) is 4.39 Å². The van der Waals surface area contributed by atoms with E-state index in [0.29, 0.717) is 11.7 Å². The Labute approximate surface area is 108 Å².